The Hall–Kier alpha value is -2.66. The van der Waals surface area contributed by atoms with Crippen LogP contribution < -0.4 is 5.32 Å². The molecule has 3 rings (SSSR count). The van der Waals surface area contributed by atoms with Gasteiger partial charge in [0.25, 0.3) is 0 Å². The number of nitrogens with one attached hydrogen (secondary N) is 1. The largest absolute Gasteiger partial charge is 0.344 e. The standard InChI is InChI=1S/C28H41F3N4O4/c1-28(2,3)25(32-26(37)20(15-35(39)17-36)11-18-7-5-6-8-18)27(38)34-10-9-21(16-34)33(4)14-19-12-23(30)24(31)13-22(19)29/h12-13,17-18,20-21,25,39H,5-11,14-16H2,1-4H3,(H,32,37)/t20-,21-,25-/m1/s1. The highest BCUT2D eigenvalue weighted by molar-refractivity contribution is 5.89. The molecule has 1 aliphatic heterocycles. The van der Waals surface area contributed by atoms with Crippen LogP contribution in [0.2, 0.25) is 0 Å². The van der Waals surface area contributed by atoms with Gasteiger partial charge in [0.1, 0.15) is 11.9 Å². The quantitative estimate of drug-likeness (QED) is 0.188. The van der Waals surface area contributed by atoms with Crippen LogP contribution in [0.4, 0.5) is 13.2 Å². The average molecular weight is 555 g/mol. The smallest absolute Gasteiger partial charge is 0.245 e. The van der Waals surface area contributed by atoms with Crippen LogP contribution in [-0.2, 0) is 20.9 Å². The summed E-state index contributed by atoms with van der Waals surface area (Å²) >= 11 is 0. The second kappa shape index (κ2) is 13.1. The van der Waals surface area contributed by atoms with Crippen molar-refractivity contribution < 1.29 is 32.8 Å². The van der Waals surface area contributed by atoms with E-state index in [-0.39, 0.29) is 42.9 Å². The Morgan fingerprint density at radius 1 is 1.13 bits per heavy atom. The summed E-state index contributed by atoms with van der Waals surface area (Å²) in [6.45, 7) is 6.24. The van der Waals surface area contributed by atoms with E-state index in [9.17, 15) is 32.8 Å². The van der Waals surface area contributed by atoms with Crippen LogP contribution in [0.5, 0.6) is 0 Å². The molecule has 1 aromatic rings. The summed E-state index contributed by atoms with van der Waals surface area (Å²) < 4.78 is 41.1. The summed E-state index contributed by atoms with van der Waals surface area (Å²) in [5, 5.41) is 13.2. The van der Waals surface area contributed by atoms with Crippen LogP contribution in [0.25, 0.3) is 0 Å². The lowest BCUT2D eigenvalue weighted by Gasteiger charge is -2.35. The van der Waals surface area contributed by atoms with Crippen molar-refractivity contribution in [3.05, 3.63) is 35.1 Å². The van der Waals surface area contributed by atoms with Gasteiger partial charge in [-0.15, -0.1) is 0 Å². The van der Waals surface area contributed by atoms with Crippen molar-refractivity contribution in [3.63, 3.8) is 0 Å². The zero-order valence-electron chi connectivity index (χ0n) is 23.3. The molecule has 2 fully saturated rings. The first-order valence-corrected chi connectivity index (χ1v) is 13.6. The van der Waals surface area contributed by atoms with Gasteiger partial charge in [-0.3, -0.25) is 24.5 Å². The maximum absolute atomic E-state index is 14.2. The van der Waals surface area contributed by atoms with Crippen molar-refractivity contribution in [1.29, 1.82) is 0 Å². The zero-order chi connectivity index (χ0) is 28.9. The molecule has 0 bridgehead atoms. The van der Waals surface area contributed by atoms with E-state index in [1.54, 1.807) is 16.8 Å². The molecular formula is C28H41F3N4O4. The monoisotopic (exact) mass is 554 g/mol. The number of likely N-dealkylation sites (tertiary alicyclic amines) is 1. The molecular weight excluding hydrogens is 513 g/mol. The molecule has 2 N–H and O–H groups in total. The third-order valence-electron chi connectivity index (χ3n) is 8.00. The fourth-order valence-corrected chi connectivity index (χ4v) is 5.66. The molecule has 0 radical (unpaired) electrons. The minimum atomic E-state index is -1.24. The highest BCUT2D eigenvalue weighted by Gasteiger charge is 2.40. The van der Waals surface area contributed by atoms with Crippen LogP contribution >= 0.6 is 0 Å². The Morgan fingerprint density at radius 3 is 2.38 bits per heavy atom. The maximum atomic E-state index is 14.2. The molecule has 1 aromatic carbocycles. The molecule has 11 heteroatoms. The zero-order valence-corrected chi connectivity index (χ0v) is 23.3. The number of carbonyl (C=O) groups excluding carboxylic acids is 3. The number of hydroxylamine groups is 2. The van der Waals surface area contributed by atoms with E-state index in [4.69, 9.17) is 0 Å². The third kappa shape index (κ3) is 8.17. The lowest BCUT2D eigenvalue weighted by Crippen LogP contribution is -2.56. The summed E-state index contributed by atoms with van der Waals surface area (Å²) in [6.07, 6.45) is 5.57. The van der Waals surface area contributed by atoms with E-state index in [1.807, 2.05) is 20.8 Å². The number of hydrogen-bond acceptors (Lipinski definition) is 5. The maximum Gasteiger partial charge on any atom is 0.245 e. The summed E-state index contributed by atoms with van der Waals surface area (Å²) in [6, 6.07) is 0.408. The fraction of sp³-hybridized carbons (Fsp3) is 0.679. The molecule has 218 valence electrons. The van der Waals surface area contributed by atoms with Gasteiger partial charge in [0, 0.05) is 37.3 Å². The van der Waals surface area contributed by atoms with Crippen molar-refractivity contribution in [1.82, 2.24) is 20.2 Å². The topological polar surface area (TPSA) is 93.2 Å². The number of amides is 3. The van der Waals surface area contributed by atoms with Crippen LogP contribution in [-0.4, -0.2) is 77.1 Å². The Labute approximate surface area is 228 Å². The minimum Gasteiger partial charge on any atom is -0.344 e. The molecule has 3 amide bonds. The normalized spacial score (nSPS) is 19.8. The Kier molecular flexibility index (Phi) is 10.4. The first-order valence-electron chi connectivity index (χ1n) is 13.6. The molecule has 39 heavy (non-hydrogen) atoms. The van der Waals surface area contributed by atoms with Gasteiger partial charge >= 0.3 is 0 Å². The molecule has 1 heterocycles. The van der Waals surface area contributed by atoms with Gasteiger partial charge in [-0.05, 0) is 37.3 Å². The molecule has 0 spiro atoms. The van der Waals surface area contributed by atoms with E-state index in [2.05, 4.69) is 5.32 Å². The van der Waals surface area contributed by atoms with Gasteiger partial charge in [0.15, 0.2) is 11.6 Å². The molecule has 2 aliphatic rings. The number of benzene rings is 1. The molecule has 1 saturated heterocycles. The Balaban J connectivity index is 1.67. The lowest BCUT2D eigenvalue weighted by atomic mass is 9.84. The number of carbonyl (C=O) groups is 3. The van der Waals surface area contributed by atoms with Crippen molar-refractivity contribution in [2.45, 2.75) is 77.9 Å². The van der Waals surface area contributed by atoms with Crippen molar-refractivity contribution >= 4 is 18.2 Å². The first kappa shape index (κ1) is 30.9. The van der Waals surface area contributed by atoms with Gasteiger partial charge < -0.3 is 10.2 Å². The van der Waals surface area contributed by atoms with Crippen LogP contribution in [0.15, 0.2) is 12.1 Å². The third-order valence-corrected chi connectivity index (χ3v) is 8.00. The van der Waals surface area contributed by atoms with E-state index in [0.29, 0.717) is 43.0 Å². The van der Waals surface area contributed by atoms with Crippen LogP contribution in [0, 0.1) is 34.7 Å². The van der Waals surface area contributed by atoms with Gasteiger partial charge in [0.05, 0.1) is 12.5 Å². The predicted molar refractivity (Wildman–Crippen MR) is 139 cm³/mol. The van der Waals surface area contributed by atoms with Gasteiger partial charge in [-0.25, -0.2) is 18.2 Å². The van der Waals surface area contributed by atoms with E-state index in [1.165, 1.54) is 0 Å². The summed E-state index contributed by atoms with van der Waals surface area (Å²) in [7, 11) is 1.74. The highest BCUT2D eigenvalue weighted by atomic mass is 19.2. The van der Waals surface area contributed by atoms with Gasteiger partial charge in [-0.1, -0.05) is 46.5 Å². The summed E-state index contributed by atoms with van der Waals surface area (Å²) in [5.74, 6) is -4.13. The predicted octanol–water partition coefficient (Wildman–Crippen LogP) is 3.71. The number of likely N-dealkylation sites (N-methyl/N-ethyl adjacent to an activating group) is 1. The van der Waals surface area contributed by atoms with Crippen LogP contribution in [0.3, 0.4) is 0 Å². The number of nitrogens with zero attached hydrogens (tertiary/aromatic N) is 3. The van der Waals surface area contributed by atoms with Gasteiger partial charge in [0.2, 0.25) is 18.2 Å². The molecule has 0 unspecified atom stereocenters. The second-order valence-electron chi connectivity index (χ2n) is 12.1. The fourth-order valence-electron chi connectivity index (χ4n) is 5.66. The summed E-state index contributed by atoms with van der Waals surface area (Å²) in [5.41, 5.74) is -0.588. The average Bonchev–Trinajstić information content (AvgIpc) is 3.56. The van der Waals surface area contributed by atoms with Crippen molar-refractivity contribution in [2.75, 3.05) is 26.7 Å². The SMILES string of the molecule is CN(Cc1cc(F)c(F)cc1F)[C@@H]1CCN(C(=O)[C@@H](NC(=O)[C@H](CC2CCCC2)CN(O)C=O)C(C)(C)C)C1. The molecule has 1 saturated carbocycles. The molecule has 0 aromatic heterocycles. The molecule has 3 atom stereocenters. The Morgan fingerprint density at radius 2 is 1.77 bits per heavy atom. The van der Waals surface area contributed by atoms with E-state index < -0.39 is 34.8 Å². The number of hydrogen-bond donors (Lipinski definition) is 2. The molecule has 1 aliphatic carbocycles. The lowest BCUT2D eigenvalue weighted by molar-refractivity contribution is -0.155. The second-order valence-corrected chi connectivity index (χ2v) is 12.1. The Bertz CT molecular complexity index is 1030. The first-order chi connectivity index (χ1) is 18.3. The van der Waals surface area contributed by atoms with E-state index >= 15 is 0 Å². The number of rotatable bonds is 11. The summed E-state index contributed by atoms with van der Waals surface area (Å²) in [4.78, 5) is 41.5. The van der Waals surface area contributed by atoms with Crippen molar-refractivity contribution in [3.8, 4) is 0 Å². The van der Waals surface area contributed by atoms with Crippen LogP contribution in [0.1, 0.15) is 64.9 Å². The molecule has 8 nitrogen and oxygen atoms in total. The minimum absolute atomic E-state index is 0.0302. The highest BCUT2D eigenvalue weighted by Crippen LogP contribution is 2.31. The number of halogens is 3. The van der Waals surface area contributed by atoms with E-state index in [0.717, 1.165) is 31.7 Å². The van der Waals surface area contributed by atoms with Gasteiger partial charge in [-0.2, -0.15) is 0 Å². The van der Waals surface area contributed by atoms with Crippen molar-refractivity contribution in [2.24, 2.45) is 17.3 Å².